The Balaban J connectivity index is 1.41. The lowest BCUT2D eigenvalue weighted by Gasteiger charge is -2.29. The van der Waals surface area contributed by atoms with Crippen LogP contribution >= 0.6 is 0 Å². The van der Waals surface area contributed by atoms with Gasteiger partial charge in [0, 0.05) is 0 Å². The molecule has 0 aliphatic rings. The van der Waals surface area contributed by atoms with Crippen molar-refractivity contribution < 1.29 is 0 Å². The highest BCUT2D eigenvalue weighted by molar-refractivity contribution is 6.16. The summed E-state index contributed by atoms with van der Waals surface area (Å²) in [6.07, 6.45) is 0. The fourth-order valence-electron chi connectivity index (χ4n) is 9.63. The first-order chi connectivity index (χ1) is 32.8. The topological polar surface area (TPSA) is 0 Å². The van der Waals surface area contributed by atoms with E-state index in [4.69, 9.17) is 0 Å². The zero-order valence-corrected chi connectivity index (χ0v) is 36.6. The average molecular weight is 839 g/mol. The van der Waals surface area contributed by atoms with Crippen LogP contribution in [0, 0.1) is 0 Å². The van der Waals surface area contributed by atoms with Gasteiger partial charge in [0.2, 0.25) is 0 Å². The number of benzene rings is 11. The average Bonchev–Trinajstić information content (AvgIpc) is 3.41. The smallest absolute Gasteiger partial charge is 0.00134 e. The van der Waals surface area contributed by atoms with Crippen LogP contribution in [0.3, 0.4) is 0 Å². The summed E-state index contributed by atoms with van der Waals surface area (Å²) in [7, 11) is 0. The van der Waals surface area contributed by atoms with Gasteiger partial charge in [0.05, 0.1) is 0 Å². The van der Waals surface area contributed by atoms with Gasteiger partial charge in [-0.15, -0.1) is 0 Å². The predicted octanol–water partition coefficient (Wildman–Crippen LogP) is 18.4. The number of hydrogen-bond acceptors (Lipinski definition) is 0. The van der Waals surface area contributed by atoms with Gasteiger partial charge >= 0.3 is 0 Å². The van der Waals surface area contributed by atoms with Crippen molar-refractivity contribution >= 4 is 0 Å². The van der Waals surface area contributed by atoms with E-state index in [0.29, 0.717) is 0 Å². The Morgan fingerprint density at radius 1 is 0.106 bits per heavy atom. The van der Waals surface area contributed by atoms with Crippen molar-refractivity contribution in [2.24, 2.45) is 0 Å². The van der Waals surface area contributed by atoms with E-state index in [9.17, 15) is 0 Å². The van der Waals surface area contributed by atoms with E-state index >= 15 is 0 Å². The molecule has 0 heteroatoms. The van der Waals surface area contributed by atoms with Gasteiger partial charge in [-0.1, -0.05) is 243 Å². The SMILES string of the molecule is c1ccc(-c2cc(-c3ccccc3)cc(-c3c(-c4ccccc4)c(-c4ccccc4)c(-c4ccccc4)c(-c4ccccc4)c3-c3cc(-c4ccccc4)cc(-c4ccccc4)c3)c2)cc1. The van der Waals surface area contributed by atoms with Crippen molar-refractivity contribution in [2.45, 2.75) is 0 Å². The molecule has 0 heterocycles. The van der Waals surface area contributed by atoms with Gasteiger partial charge in [0.25, 0.3) is 0 Å². The van der Waals surface area contributed by atoms with Gasteiger partial charge in [-0.2, -0.15) is 0 Å². The van der Waals surface area contributed by atoms with Crippen LogP contribution in [0.5, 0.6) is 0 Å². The highest BCUT2D eigenvalue weighted by atomic mass is 14.3. The summed E-state index contributed by atoms with van der Waals surface area (Å²) in [5.74, 6) is 0. The Kier molecular flexibility index (Phi) is 11.1. The maximum Gasteiger partial charge on any atom is -0.00134 e. The van der Waals surface area contributed by atoms with Crippen molar-refractivity contribution in [1.82, 2.24) is 0 Å². The third-order valence-electron chi connectivity index (χ3n) is 12.6. The van der Waals surface area contributed by atoms with Gasteiger partial charge < -0.3 is 0 Å². The zero-order chi connectivity index (χ0) is 44.1. The number of hydrogen-bond donors (Lipinski definition) is 0. The first kappa shape index (κ1) is 40.2. The van der Waals surface area contributed by atoms with Crippen LogP contribution < -0.4 is 0 Å². The molecular formula is C66H46. The molecule has 0 aliphatic heterocycles. The van der Waals surface area contributed by atoms with Crippen molar-refractivity contribution in [2.75, 3.05) is 0 Å². The third-order valence-corrected chi connectivity index (χ3v) is 12.6. The van der Waals surface area contributed by atoms with E-state index in [0.717, 1.165) is 55.6 Å². The maximum atomic E-state index is 2.43. The second kappa shape index (κ2) is 18.3. The minimum Gasteiger partial charge on any atom is -0.0622 e. The molecular weight excluding hydrogens is 793 g/mol. The molecule has 0 radical (unpaired) electrons. The summed E-state index contributed by atoms with van der Waals surface area (Å²) in [5, 5.41) is 0. The maximum absolute atomic E-state index is 2.43. The van der Waals surface area contributed by atoms with Crippen molar-refractivity contribution in [3.05, 3.63) is 279 Å². The summed E-state index contributed by atoms with van der Waals surface area (Å²) in [4.78, 5) is 0. The van der Waals surface area contributed by atoms with Crippen LogP contribution in [0.4, 0.5) is 0 Å². The summed E-state index contributed by atoms with van der Waals surface area (Å²) >= 11 is 0. The minimum absolute atomic E-state index is 1.14. The Morgan fingerprint density at radius 3 is 0.424 bits per heavy atom. The highest BCUT2D eigenvalue weighted by Gasteiger charge is 2.30. The largest absolute Gasteiger partial charge is 0.0622 e. The molecule has 310 valence electrons. The second-order valence-electron chi connectivity index (χ2n) is 16.8. The molecule has 11 aromatic rings. The molecule has 66 heavy (non-hydrogen) atoms. The molecule has 0 aromatic heterocycles. The third kappa shape index (κ3) is 7.98. The lowest BCUT2D eigenvalue weighted by molar-refractivity contribution is 1.50. The molecule has 0 N–H and O–H groups in total. The van der Waals surface area contributed by atoms with E-state index in [1.165, 1.54) is 55.6 Å². The number of rotatable bonds is 10. The van der Waals surface area contributed by atoms with E-state index in [1.54, 1.807) is 0 Å². The van der Waals surface area contributed by atoms with Crippen molar-refractivity contribution in [3.8, 4) is 111 Å². The van der Waals surface area contributed by atoms with E-state index in [2.05, 4.69) is 279 Å². The van der Waals surface area contributed by atoms with Crippen LogP contribution in [0.2, 0.25) is 0 Å². The quantitative estimate of drug-likeness (QED) is 0.129. The van der Waals surface area contributed by atoms with Gasteiger partial charge in [0.1, 0.15) is 0 Å². The molecule has 0 saturated carbocycles. The van der Waals surface area contributed by atoms with Crippen LogP contribution in [0.1, 0.15) is 0 Å². The Hall–Kier alpha value is -8.58. The molecule has 0 saturated heterocycles. The predicted molar refractivity (Wildman–Crippen MR) is 281 cm³/mol. The van der Waals surface area contributed by atoms with Gasteiger partial charge in [-0.05, 0) is 148 Å². The molecule has 11 rings (SSSR count). The Morgan fingerprint density at radius 2 is 0.242 bits per heavy atom. The summed E-state index contributed by atoms with van der Waals surface area (Å²) in [6.45, 7) is 0. The first-order valence-electron chi connectivity index (χ1n) is 22.7. The molecule has 0 nitrogen and oxygen atoms in total. The molecule has 0 unspecified atom stereocenters. The molecule has 0 bridgehead atoms. The van der Waals surface area contributed by atoms with Gasteiger partial charge in [0.15, 0.2) is 0 Å². The fourth-order valence-corrected chi connectivity index (χ4v) is 9.63. The molecule has 0 amide bonds. The molecule has 0 aliphatic carbocycles. The lowest BCUT2D eigenvalue weighted by Crippen LogP contribution is -2.03. The van der Waals surface area contributed by atoms with Crippen molar-refractivity contribution in [3.63, 3.8) is 0 Å². The fraction of sp³-hybridized carbons (Fsp3) is 0. The molecule has 11 aromatic carbocycles. The van der Waals surface area contributed by atoms with Crippen LogP contribution in [0.25, 0.3) is 111 Å². The van der Waals surface area contributed by atoms with Crippen LogP contribution in [-0.2, 0) is 0 Å². The Bertz CT molecular complexity index is 3030. The van der Waals surface area contributed by atoms with Crippen LogP contribution in [0.15, 0.2) is 279 Å². The first-order valence-corrected chi connectivity index (χ1v) is 22.7. The van der Waals surface area contributed by atoms with E-state index in [1.807, 2.05) is 0 Å². The summed E-state index contributed by atoms with van der Waals surface area (Å²) < 4.78 is 0. The highest BCUT2D eigenvalue weighted by Crippen LogP contribution is 2.57. The summed E-state index contributed by atoms with van der Waals surface area (Å²) in [6, 6.07) is 102. The van der Waals surface area contributed by atoms with Gasteiger partial charge in [-0.25, -0.2) is 0 Å². The normalized spacial score (nSPS) is 11.0. The molecule has 0 atom stereocenters. The standard InChI is InChI=1S/C66H46/c1-9-25-47(26-10-1)55-41-56(48-27-11-2-12-28-48)44-59(43-55)65-63(53-37-21-7-22-38-53)61(51-33-17-5-18-34-51)62(52-35-19-6-20-36-52)64(54-39-23-8-24-40-54)66(65)60-45-57(49-29-13-3-14-30-49)42-58(46-60)50-31-15-4-16-32-50/h1-46H. The summed E-state index contributed by atoms with van der Waals surface area (Å²) in [5.41, 5.74) is 23.4. The lowest BCUT2D eigenvalue weighted by atomic mass is 9.73. The Labute approximate surface area is 388 Å². The van der Waals surface area contributed by atoms with Crippen molar-refractivity contribution in [1.29, 1.82) is 0 Å². The van der Waals surface area contributed by atoms with E-state index in [-0.39, 0.29) is 0 Å². The second-order valence-corrected chi connectivity index (χ2v) is 16.8. The monoisotopic (exact) mass is 838 g/mol. The molecule has 0 fully saturated rings. The molecule has 0 spiro atoms. The van der Waals surface area contributed by atoms with Gasteiger partial charge in [-0.3, -0.25) is 0 Å². The van der Waals surface area contributed by atoms with E-state index < -0.39 is 0 Å². The van der Waals surface area contributed by atoms with Crippen LogP contribution in [-0.4, -0.2) is 0 Å². The zero-order valence-electron chi connectivity index (χ0n) is 36.6. The minimum atomic E-state index is 1.14.